The third-order valence-electron chi connectivity index (χ3n) is 1.39. The summed E-state index contributed by atoms with van der Waals surface area (Å²) in [5.41, 5.74) is 0. The third kappa shape index (κ3) is 8.93. The maximum atomic E-state index is 11.3. The summed E-state index contributed by atoms with van der Waals surface area (Å²) < 4.78 is 30.2. The van der Waals surface area contributed by atoms with Gasteiger partial charge in [0.05, 0.1) is 18.5 Å². The van der Waals surface area contributed by atoms with Crippen LogP contribution in [0.2, 0.25) is 0 Å². The summed E-state index contributed by atoms with van der Waals surface area (Å²) in [6.45, 7) is 6.28. The van der Waals surface area contributed by atoms with Gasteiger partial charge in [0.15, 0.2) is 0 Å². The summed E-state index contributed by atoms with van der Waals surface area (Å²) in [7, 11) is -3.18. The number of hydrogen-bond donors (Lipinski definition) is 1. The van der Waals surface area contributed by atoms with Crippen LogP contribution in [0.25, 0.3) is 0 Å². The van der Waals surface area contributed by atoms with Crippen molar-refractivity contribution in [2.75, 3.05) is 18.9 Å². The number of nitrogens with one attached hydrogen (secondary N) is 1. The molecule has 0 bridgehead atoms. The minimum atomic E-state index is -3.18. The molecule has 0 radical (unpaired) electrons. The lowest BCUT2D eigenvalue weighted by Crippen LogP contribution is -2.32. The average Bonchev–Trinajstić information content (AvgIpc) is 2.00. The van der Waals surface area contributed by atoms with Crippen LogP contribution in [0.4, 0.5) is 0 Å². The largest absolute Gasteiger partial charge is 0.378 e. The van der Waals surface area contributed by atoms with E-state index in [2.05, 4.69) is 20.7 Å². The number of rotatable bonds is 7. The van der Waals surface area contributed by atoms with Gasteiger partial charge < -0.3 is 4.74 Å². The van der Waals surface area contributed by atoms with Gasteiger partial charge >= 0.3 is 0 Å². The van der Waals surface area contributed by atoms with Gasteiger partial charge in [-0.25, -0.2) is 13.1 Å². The maximum absolute atomic E-state index is 11.3. The van der Waals surface area contributed by atoms with Crippen molar-refractivity contribution in [2.45, 2.75) is 31.7 Å². The van der Waals surface area contributed by atoms with Gasteiger partial charge in [-0.1, -0.05) is 22.9 Å². The van der Waals surface area contributed by atoms with E-state index in [0.717, 1.165) is 0 Å². The molecule has 4 nitrogen and oxygen atoms in total. The highest BCUT2D eigenvalue weighted by Crippen LogP contribution is 1.96. The van der Waals surface area contributed by atoms with Crippen LogP contribution in [0.5, 0.6) is 0 Å². The highest BCUT2D eigenvalue weighted by atomic mass is 79.9. The topological polar surface area (TPSA) is 55.4 Å². The second-order valence-corrected chi connectivity index (χ2v) is 6.86. The molecule has 0 aliphatic heterocycles. The monoisotopic (exact) mass is 287 g/mol. The standard InChI is InChI=1S/C8H18BrNO3S/c1-7(2)13-4-5-14(11,12)10-6-8(3)9/h7-8,10H,4-6H2,1-3H3. The van der Waals surface area contributed by atoms with E-state index in [0.29, 0.717) is 6.54 Å². The molecule has 0 aromatic heterocycles. The minimum absolute atomic E-state index is 0.0188. The van der Waals surface area contributed by atoms with Gasteiger partial charge in [0.1, 0.15) is 0 Å². The predicted molar refractivity (Wildman–Crippen MR) is 61.3 cm³/mol. The molecule has 0 saturated heterocycles. The van der Waals surface area contributed by atoms with Crippen LogP contribution in [-0.2, 0) is 14.8 Å². The molecule has 6 heteroatoms. The van der Waals surface area contributed by atoms with E-state index in [9.17, 15) is 8.42 Å². The van der Waals surface area contributed by atoms with E-state index >= 15 is 0 Å². The maximum Gasteiger partial charge on any atom is 0.213 e. The van der Waals surface area contributed by atoms with Crippen LogP contribution in [0.15, 0.2) is 0 Å². The van der Waals surface area contributed by atoms with Gasteiger partial charge in [-0.15, -0.1) is 0 Å². The third-order valence-corrected chi connectivity index (χ3v) is 3.02. The lowest BCUT2D eigenvalue weighted by Gasteiger charge is -2.09. The van der Waals surface area contributed by atoms with Crippen molar-refractivity contribution < 1.29 is 13.2 Å². The van der Waals surface area contributed by atoms with E-state index in [1.165, 1.54) is 0 Å². The zero-order valence-corrected chi connectivity index (χ0v) is 11.2. The fourth-order valence-corrected chi connectivity index (χ4v) is 2.05. The molecule has 0 rings (SSSR count). The van der Waals surface area contributed by atoms with Crippen LogP contribution < -0.4 is 4.72 Å². The molecule has 0 amide bonds. The van der Waals surface area contributed by atoms with Crippen molar-refractivity contribution >= 4 is 26.0 Å². The number of hydrogen-bond acceptors (Lipinski definition) is 3. The van der Waals surface area contributed by atoms with Crippen molar-refractivity contribution in [1.29, 1.82) is 0 Å². The number of sulfonamides is 1. The summed E-state index contributed by atoms with van der Waals surface area (Å²) in [4.78, 5) is 0.142. The summed E-state index contributed by atoms with van der Waals surface area (Å²) >= 11 is 3.26. The van der Waals surface area contributed by atoms with Crippen LogP contribution in [0.3, 0.4) is 0 Å². The Bertz CT molecular complexity index is 239. The molecule has 1 N–H and O–H groups in total. The molecule has 0 aliphatic rings. The van der Waals surface area contributed by atoms with Gasteiger partial charge in [-0.05, 0) is 13.8 Å². The van der Waals surface area contributed by atoms with Crippen molar-refractivity contribution in [1.82, 2.24) is 4.72 Å². The molecular weight excluding hydrogens is 270 g/mol. The number of ether oxygens (including phenoxy) is 1. The Labute approximate surface area is 94.6 Å². The molecular formula is C8H18BrNO3S. The first kappa shape index (κ1) is 14.3. The van der Waals surface area contributed by atoms with Crippen molar-refractivity contribution in [2.24, 2.45) is 0 Å². The molecule has 86 valence electrons. The molecule has 14 heavy (non-hydrogen) atoms. The normalized spacial score (nSPS) is 14.6. The first-order chi connectivity index (χ1) is 6.33. The minimum Gasteiger partial charge on any atom is -0.378 e. The summed E-state index contributed by atoms with van der Waals surface area (Å²) in [6.07, 6.45) is 0.0697. The lowest BCUT2D eigenvalue weighted by atomic mass is 10.5. The van der Waals surface area contributed by atoms with Gasteiger partial charge in [-0.3, -0.25) is 0 Å². The molecule has 0 saturated carbocycles. The van der Waals surface area contributed by atoms with E-state index in [4.69, 9.17) is 4.74 Å². The SMILES string of the molecule is CC(Br)CNS(=O)(=O)CCOC(C)C. The fraction of sp³-hybridized carbons (Fsp3) is 1.00. The second kappa shape index (κ2) is 6.76. The first-order valence-corrected chi connectivity index (χ1v) is 7.13. The second-order valence-electron chi connectivity index (χ2n) is 3.37. The van der Waals surface area contributed by atoms with Crippen LogP contribution in [0, 0.1) is 0 Å². The number of halogens is 1. The summed E-state index contributed by atoms with van der Waals surface area (Å²) in [6, 6.07) is 0. The molecule has 0 aromatic carbocycles. The quantitative estimate of drug-likeness (QED) is 0.714. The van der Waals surface area contributed by atoms with Crippen LogP contribution >= 0.6 is 15.9 Å². The summed E-state index contributed by atoms with van der Waals surface area (Å²) in [5, 5.41) is 0. The molecule has 1 atom stereocenters. The van der Waals surface area contributed by atoms with Gasteiger partial charge in [-0.2, -0.15) is 0 Å². The van der Waals surface area contributed by atoms with Crippen LogP contribution in [0.1, 0.15) is 20.8 Å². The zero-order valence-electron chi connectivity index (χ0n) is 8.79. The smallest absolute Gasteiger partial charge is 0.213 e. The molecule has 0 aliphatic carbocycles. The van der Waals surface area contributed by atoms with Gasteiger partial charge in [0, 0.05) is 11.4 Å². The summed E-state index contributed by atoms with van der Waals surface area (Å²) in [5.74, 6) is 0.0188. The van der Waals surface area contributed by atoms with Crippen molar-refractivity contribution in [3.8, 4) is 0 Å². The number of alkyl halides is 1. The lowest BCUT2D eigenvalue weighted by molar-refractivity contribution is 0.0911. The molecule has 0 spiro atoms. The molecule has 0 fully saturated rings. The zero-order chi connectivity index (χ0) is 11.2. The first-order valence-electron chi connectivity index (χ1n) is 4.56. The Kier molecular flexibility index (Phi) is 6.93. The van der Waals surface area contributed by atoms with Crippen LogP contribution in [-0.4, -0.2) is 38.3 Å². The Morgan fingerprint density at radius 2 is 1.93 bits per heavy atom. The Balaban J connectivity index is 3.73. The van der Waals surface area contributed by atoms with E-state index in [1.807, 2.05) is 20.8 Å². The van der Waals surface area contributed by atoms with Crippen molar-refractivity contribution in [3.63, 3.8) is 0 Å². The van der Waals surface area contributed by atoms with E-state index < -0.39 is 10.0 Å². The average molecular weight is 288 g/mol. The van der Waals surface area contributed by atoms with Crippen molar-refractivity contribution in [3.05, 3.63) is 0 Å². The highest BCUT2D eigenvalue weighted by Gasteiger charge is 2.10. The molecule has 0 heterocycles. The highest BCUT2D eigenvalue weighted by molar-refractivity contribution is 9.09. The Hall–Kier alpha value is 0.350. The fourth-order valence-electron chi connectivity index (χ4n) is 0.707. The van der Waals surface area contributed by atoms with E-state index in [1.54, 1.807) is 0 Å². The van der Waals surface area contributed by atoms with Gasteiger partial charge in [0.25, 0.3) is 0 Å². The predicted octanol–water partition coefficient (Wildman–Crippen LogP) is 1.11. The van der Waals surface area contributed by atoms with E-state index in [-0.39, 0.29) is 23.3 Å². The Morgan fingerprint density at radius 1 is 1.36 bits per heavy atom. The molecule has 1 unspecified atom stereocenters. The molecule has 0 aromatic rings. The van der Waals surface area contributed by atoms with Gasteiger partial charge in [0.2, 0.25) is 10.0 Å². The Morgan fingerprint density at radius 3 is 2.36 bits per heavy atom.